The molecule has 0 unspecified atom stereocenters. The fourth-order valence-electron chi connectivity index (χ4n) is 3.45. The quantitative estimate of drug-likeness (QED) is 0.346. The molecular formula is C27H24N2O5S. The van der Waals surface area contributed by atoms with Crippen LogP contribution in [0.15, 0.2) is 88.3 Å². The fourth-order valence-corrected chi connectivity index (χ4v) is 4.38. The molecule has 1 heterocycles. The summed E-state index contributed by atoms with van der Waals surface area (Å²) in [4.78, 5) is 41.2. The van der Waals surface area contributed by atoms with Crippen LogP contribution in [0.1, 0.15) is 22.8 Å². The third-order valence-corrected chi connectivity index (χ3v) is 6.37. The second-order valence-corrected chi connectivity index (χ2v) is 8.77. The summed E-state index contributed by atoms with van der Waals surface area (Å²) in [5.41, 5.74) is 2.62. The number of aryl methyl sites for hydroxylation is 1. The lowest BCUT2D eigenvalue weighted by molar-refractivity contribution is -0.120. The standard InChI is InChI=1S/C27H24N2O5S/c1-4-34-27(32)18-7-11-20(12-8-18)29-25(30)23(28-19-9-13-21(33-3)14-10-19)24(26(29)31)35-22-15-5-17(2)6-16-22/h5-16,28H,4H2,1-3H3. The number of hydrogen-bond acceptors (Lipinski definition) is 7. The lowest BCUT2D eigenvalue weighted by Crippen LogP contribution is -2.32. The molecule has 1 aliphatic heterocycles. The summed E-state index contributed by atoms with van der Waals surface area (Å²) in [7, 11) is 1.57. The smallest absolute Gasteiger partial charge is 0.338 e. The molecule has 8 heteroatoms. The molecule has 3 aromatic carbocycles. The lowest BCUT2D eigenvalue weighted by atomic mass is 10.2. The van der Waals surface area contributed by atoms with Crippen molar-refractivity contribution in [2.45, 2.75) is 18.7 Å². The molecule has 0 saturated carbocycles. The van der Waals surface area contributed by atoms with Crippen molar-refractivity contribution < 1.29 is 23.9 Å². The van der Waals surface area contributed by atoms with Crippen LogP contribution in [0.2, 0.25) is 0 Å². The highest BCUT2D eigenvalue weighted by molar-refractivity contribution is 8.04. The van der Waals surface area contributed by atoms with E-state index in [1.807, 2.05) is 31.2 Å². The number of hydrogen-bond donors (Lipinski definition) is 1. The number of nitrogens with zero attached hydrogens (tertiary/aromatic N) is 1. The zero-order valence-corrected chi connectivity index (χ0v) is 20.3. The molecule has 0 atom stereocenters. The molecule has 0 aromatic heterocycles. The van der Waals surface area contributed by atoms with Gasteiger partial charge in [-0.25, -0.2) is 9.69 Å². The van der Waals surface area contributed by atoms with Crippen molar-refractivity contribution in [3.63, 3.8) is 0 Å². The van der Waals surface area contributed by atoms with Gasteiger partial charge < -0.3 is 14.8 Å². The SMILES string of the molecule is CCOC(=O)c1ccc(N2C(=O)C(Nc3ccc(OC)cc3)=C(Sc3ccc(C)cc3)C2=O)cc1. The largest absolute Gasteiger partial charge is 0.497 e. The summed E-state index contributed by atoms with van der Waals surface area (Å²) >= 11 is 1.23. The number of esters is 1. The minimum atomic E-state index is -0.482. The highest BCUT2D eigenvalue weighted by Crippen LogP contribution is 2.38. The zero-order chi connectivity index (χ0) is 24.9. The molecule has 0 spiro atoms. The Balaban J connectivity index is 1.67. The van der Waals surface area contributed by atoms with Gasteiger partial charge in [-0.3, -0.25) is 9.59 Å². The van der Waals surface area contributed by atoms with Crippen molar-refractivity contribution >= 4 is 40.9 Å². The minimum Gasteiger partial charge on any atom is -0.497 e. The first kappa shape index (κ1) is 24.1. The highest BCUT2D eigenvalue weighted by atomic mass is 32.2. The third-order valence-electron chi connectivity index (χ3n) is 5.28. The summed E-state index contributed by atoms with van der Waals surface area (Å²) < 4.78 is 10.2. The average molecular weight is 489 g/mol. The second-order valence-electron chi connectivity index (χ2n) is 7.69. The predicted molar refractivity (Wildman–Crippen MR) is 136 cm³/mol. The van der Waals surface area contributed by atoms with Gasteiger partial charge in [-0.1, -0.05) is 29.5 Å². The van der Waals surface area contributed by atoms with Gasteiger partial charge in [-0.15, -0.1) is 0 Å². The van der Waals surface area contributed by atoms with Crippen molar-refractivity contribution in [3.05, 3.63) is 94.5 Å². The minimum absolute atomic E-state index is 0.181. The van der Waals surface area contributed by atoms with E-state index in [4.69, 9.17) is 9.47 Å². The maximum absolute atomic E-state index is 13.5. The molecular weight excluding hydrogens is 464 g/mol. The highest BCUT2D eigenvalue weighted by Gasteiger charge is 2.40. The molecule has 0 aliphatic carbocycles. The van der Waals surface area contributed by atoms with Crippen LogP contribution in [-0.4, -0.2) is 31.5 Å². The summed E-state index contributed by atoms with van der Waals surface area (Å²) in [6.45, 7) is 3.97. The summed E-state index contributed by atoms with van der Waals surface area (Å²) in [6.07, 6.45) is 0. The summed E-state index contributed by atoms with van der Waals surface area (Å²) in [5, 5.41) is 3.12. The van der Waals surface area contributed by atoms with Crippen LogP contribution >= 0.6 is 11.8 Å². The van der Waals surface area contributed by atoms with Crippen LogP contribution in [0.5, 0.6) is 5.75 Å². The Kier molecular flexibility index (Phi) is 7.22. The second kappa shape index (κ2) is 10.5. The number of carbonyl (C=O) groups is 3. The molecule has 0 fully saturated rings. The number of ether oxygens (including phenoxy) is 2. The van der Waals surface area contributed by atoms with Gasteiger partial charge in [0.05, 0.1) is 25.0 Å². The Morgan fingerprint density at radius 1 is 0.914 bits per heavy atom. The van der Waals surface area contributed by atoms with Crippen LogP contribution in [0.25, 0.3) is 0 Å². The van der Waals surface area contributed by atoms with Crippen molar-refractivity contribution in [1.29, 1.82) is 0 Å². The average Bonchev–Trinajstić information content (AvgIpc) is 3.10. The zero-order valence-electron chi connectivity index (χ0n) is 19.5. The van der Waals surface area contributed by atoms with Crippen LogP contribution < -0.4 is 15.0 Å². The third kappa shape index (κ3) is 5.22. The number of nitrogens with one attached hydrogen (secondary N) is 1. The maximum Gasteiger partial charge on any atom is 0.338 e. The van der Waals surface area contributed by atoms with Crippen LogP contribution in [0.3, 0.4) is 0 Å². The lowest BCUT2D eigenvalue weighted by Gasteiger charge is -2.16. The van der Waals surface area contributed by atoms with Gasteiger partial charge in [0.25, 0.3) is 11.8 Å². The number of methoxy groups -OCH3 is 1. The Morgan fingerprint density at radius 2 is 1.57 bits per heavy atom. The Labute approximate surface area is 207 Å². The topological polar surface area (TPSA) is 84.9 Å². The summed E-state index contributed by atoms with van der Waals surface area (Å²) in [6, 6.07) is 21.0. The predicted octanol–water partition coefficient (Wildman–Crippen LogP) is 5.17. The molecule has 4 rings (SSSR count). The van der Waals surface area contributed by atoms with Crippen LogP contribution in [0, 0.1) is 6.92 Å². The number of thioether (sulfide) groups is 1. The van der Waals surface area contributed by atoms with Gasteiger partial charge in [-0.2, -0.15) is 0 Å². The molecule has 2 amide bonds. The normalized spacial score (nSPS) is 13.3. The number of imide groups is 1. The molecule has 1 N–H and O–H groups in total. The molecule has 0 saturated heterocycles. The number of amides is 2. The van der Waals surface area contributed by atoms with E-state index in [1.54, 1.807) is 50.4 Å². The van der Waals surface area contributed by atoms with Crippen LogP contribution in [-0.2, 0) is 14.3 Å². The number of carbonyl (C=O) groups excluding carboxylic acids is 3. The molecule has 3 aromatic rings. The van der Waals surface area contributed by atoms with Gasteiger partial charge >= 0.3 is 5.97 Å². The van der Waals surface area contributed by atoms with E-state index in [-0.39, 0.29) is 17.2 Å². The van der Waals surface area contributed by atoms with E-state index in [9.17, 15) is 14.4 Å². The fraction of sp³-hybridized carbons (Fsp3) is 0.148. The van der Waals surface area contributed by atoms with E-state index in [0.717, 1.165) is 15.4 Å². The molecule has 0 radical (unpaired) electrons. The van der Waals surface area contributed by atoms with E-state index in [0.29, 0.717) is 22.7 Å². The molecule has 35 heavy (non-hydrogen) atoms. The first-order valence-electron chi connectivity index (χ1n) is 11.0. The molecule has 0 bridgehead atoms. The first-order valence-corrected chi connectivity index (χ1v) is 11.8. The Hall–Kier alpha value is -4.04. The van der Waals surface area contributed by atoms with E-state index in [2.05, 4.69) is 5.32 Å². The summed E-state index contributed by atoms with van der Waals surface area (Å²) in [5.74, 6) is -0.713. The van der Waals surface area contributed by atoms with Gasteiger partial charge in [0.1, 0.15) is 16.4 Å². The number of anilines is 2. The Morgan fingerprint density at radius 3 is 2.17 bits per heavy atom. The number of rotatable bonds is 8. The molecule has 178 valence electrons. The molecule has 7 nitrogen and oxygen atoms in total. The maximum atomic E-state index is 13.5. The van der Waals surface area contributed by atoms with Crippen LogP contribution in [0.4, 0.5) is 11.4 Å². The van der Waals surface area contributed by atoms with E-state index < -0.39 is 17.8 Å². The van der Waals surface area contributed by atoms with Crippen molar-refractivity contribution in [2.24, 2.45) is 0 Å². The van der Waals surface area contributed by atoms with Gasteiger partial charge in [0.2, 0.25) is 0 Å². The van der Waals surface area contributed by atoms with Crippen molar-refractivity contribution in [3.8, 4) is 5.75 Å². The van der Waals surface area contributed by atoms with Crippen molar-refractivity contribution in [1.82, 2.24) is 0 Å². The number of benzene rings is 3. The van der Waals surface area contributed by atoms with Gasteiger partial charge in [-0.05, 0) is 74.5 Å². The first-order chi connectivity index (χ1) is 16.9. The molecule has 1 aliphatic rings. The van der Waals surface area contributed by atoms with E-state index in [1.165, 1.54) is 23.9 Å². The van der Waals surface area contributed by atoms with Crippen molar-refractivity contribution in [2.75, 3.05) is 23.9 Å². The monoisotopic (exact) mass is 488 g/mol. The Bertz CT molecular complexity index is 1280. The van der Waals surface area contributed by atoms with E-state index >= 15 is 0 Å². The van der Waals surface area contributed by atoms with Gasteiger partial charge in [0, 0.05) is 10.6 Å². The van der Waals surface area contributed by atoms with Gasteiger partial charge in [0.15, 0.2) is 0 Å².